The summed E-state index contributed by atoms with van der Waals surface area (Å²) in [5.74, 6) is 3.24. The first-order valence-corrected chi connectivity index (χ1v) is 11.4. The van der Waals surface area contributed by atoms with Gasteiger partial charge >= 0.3 is 0 Å². The van der Waals surface area contributed by atoms with Crippen molar-refractivity contribution in [3.8, 4) is 11.5 Å². The highest BCUT2D eigenvalue weighted by Gasteiger charge is 2.20. The fourth-order valence-electron chi connectivity index (χ4n) is 4.38. The number of aliphatic hydroxyl groups excluding tert-OH is 1. The summed E-state index contributed by atoms with van der Waals surface area (Å²) < 4.78 is 17.1. The van der Waals surface area contributed by atoms with E-state index in [-0.39, 0.29) is 6.61 Å². The maximum Gasteiger partial charge on any atom is 0.161 e. The molecule has 1 heterocycles. The van der Waals surface area contributed by atoms with Crippen LogP contribution in [0.15, 0.2) is 34.7 Å². The van der Waals surface area contributed by atoms with Gasteiger partial charge < -0.3 is 23.9 Å². The van der Waals surface area contributed by atoms with Crippen molar-refractivity contribution in [2.45, 2.75) is 64.3 Å². The molecule has 172 valence electrons. The topological polar surface area (TPSA) is 58.3 Å². The van der Waals surface area contributed by atoms with Gasteiger partial charge in [0, 0.05) is 19.1 Å². The molecule has 6 heteroatoms. The third-order valence-corrected chi connectivity index (χ3v) is 6.03. The molecule has 1 fully saturated rings. The Labute approximate surface area is 186 Å². The molecule has 0 spiro atoms. The molecule has 1 aromatic heterocycles. The molecule has 6 nitrogen and oxygen atoms in total. The summed E-state index contributed by atoms with van der Waals surface area (Å²) in [6, 6.07) is 10.6. The summed E-state index contributed by atoms with van der Waals surface area (Å²) in [7, 11) is 5.82. The normalized spacial score (nSPS) is 16.1. The van der Waals surface area contributed by atoms with E-state index in [1.54, 1.807) is 7.11 Å². The third-order valence-electron chi connectivity index (χ3n) is 6.03. The predicted molar refractivity (Wildman–Crippen MR) is 123 cm³/mol. The van der Waals surface area contributed by atoms with Crippen molar-refractivity contribution in [3.05, 3.63) is 47.4 Å². The van der Waals surface area contributed by atoms with E-state index in [4.69, 9.17) is 13.9 Å². The van der Waals surface area contributed by atoms with Crippen LogP contribution in [0.2, 0.25) is 0 Å². The number of hydrogen-bond donors (Lipinski definition) is 1. The largest absolute Gasteiger partial charge is 0.493 e. The predicted octanol–water partition coefficient (Wildman–Crippen LogP) is 4.23. The number of aryl methyl sites for hydroxylation is 1. The van der Waals surface area contributed by atoms with Crippen molar-refractivity contribution >= 4 is 0 Å². The minimum absolute atomic E-state index is 0.254. The molecule has 3 rings (SSSR count). The van der Waals surface area contributed by atoms with E-state index in [1.807, 2.05) is 37.3 Å². The van der Waals surface area contributed by atoms with Crippen LogP contribution in [0.5, 0.6) is 11.5 Å². The molecule has 0 saturated heterocycles. The number of methoxy groups -OCH3 is 1. The van der Waals surface area contributed by atoms with E-state index >= 15 is 0 Å². The minimum atomic E-state index is -0.529. The molecule has 1 aromatic carbocycles. The Balaban J connectivity index is 1.49. The lowest BCUT2D eigenvalue weighted by atomic mass is 9.94. The molecular formula is C25H38N2O4. The summed E-state index contributed by atoms with van der Waals surface area (Å²) in [5.41, 5.74) is 1.13. The Morgan fingerprint density at radius 3 is 2.52 bits per heavy atom. The molecule has 0 bridgehead atoms. The van der Waals surface area contributed by atoms with Gasteiger partial charge in [0.15, 0.2) is 11.5 Å². The average Bonchev–Trinajstić information content (AvgIpc) is 3.17. The van der Waals surface area contributed by atoms with Crippen LogP contribution in [0.3, 0.4) is 0 Å². The first-order valence-electron chi connectivity index (χ1n) is 11.4. The minimum Gasteiger partial charge on any atom is -0.493 e. The summed E-state index contributed by atoms with van der Waals surface area (Å²) in [5, 5.41) is 10.5. The zero-order valence-corrected chi connectivity index (χ0v) is 19.5. The van der Waals surface area contributed by atoms with Gasteiger partial charge in [-0.2, -0.15) is 0 Å². The second-order valence-corrected chi connectivity index (χ2v) is 8.87. The van der Waals surface area contributed by atoms with Crippen LogP contribution in [0.25, 0.3) is 0 Å². The zero-order valence-electron chi connectivity index (χ0n) is 19.5. The molecule has 1 atom stereocenters. The number of nitrogens with zero attached hydrogens (tertiary/aromatic N) is 2. The van der Waals surface area contributed by atoms with Gasteiger partial charge in [0.25, 0.3) is 0 Å². The van der Waals surface area contributed by atoms with Gasteiger partial charge in [0.05, 0.1) is 13.7 Å². The maximum atomic E-state index is 10.5. The second kappa shape index (κ2) is 11.6. The highest BCUT2D eigenvalue weighted by Crippen LogP contribution is 2.29. The molecule has 1 aliphatic rings. The molecule has 1 saturated carbocycles. The number of benzene rings is 1. The third kappa shape index (κ3) is 7.27. The fraction of sp³-hybridized carbons (Fsp3) is 0.600. The van der Waals surface area contributed by atoms with Gasteiger partial charge in [0.1, 0.15) is 24.2 Å². The molecular weight excluding hydrogens is 392 g/mol. The first kappa shape index (κ1) is 23.6. The average molecular weight is 431 g/mol. The van der Waals surface area contributed by atoms with E-state index in [0.29, 0.717) is 24.1 Å². The lowest BCUT2D eigenvalue weighted by Gasteiger charge is -2.32. The molecule has 0 radical (unpaired) electrons. The van der Waals surface area contributed by atoms with Gasteiger partial charge in [0.2, 0.25) is 0 Å². The number of furan rings is 1. The Morgan fingerprint density at radius 1 is 1.06 bits per heavy atom. The molecule has 0 amide bonds. The molecule has 1 N–H and O–H groups in total. The van der Waals surface area contributed by atoms with Crippen LogP contribution in [0, 0.1) is 6.92 Å². The summed E-state index contributed by atoms with van der Waals surface area (Å²) in [6.07, 6.45) is 5.85. The van der Waals surface area contributed by atoms with E-state index in [1.165, 1.54) is 32.1 Å². The SMILES string of the molecule is COc1cc(CN(C)Cc2ccc(C)o2)ccc1OC[C@H](O)CN(C)C1CCCCC1. The van der Waals surface area contributed by atoms with E-state index in [9.17, 15) is 5.11 Å². The van der Waals surface area contributed by atoms with Crippen LogP contribution in [0.1, 0.15) is 49.2 Å². The van der Waals surface area contributed by atoms with Crippen molar-refractivity contribution in [2.75, 3.05) is 34.4 Å². The van der Waals surface area contributed by atoms with E-state index < -0.39 is 6.10 Å². The molecule has 0 unspecified atom stereocenters. The fourth-order valence-corrected chi connectivity index (χ4v) is 4.38. The summed E-state index contributed by atoms with van der Waals surface area (Å²) in [4.78, 5) is 4.47. The zero-order chi connectivity index (χ0) is 22.2. The Kier molecular flexibility index (Phi) is 8.81. The van der Waals surface area contributed by atoms with Crippen molar-refractivity contribution in [3.63, 3.8) is 0 Å². The number of aliphatic hydroxyl groups is 1. The maximum absolute atomic E-state index is 10.5. The number of rotatable bonds is 11. The monoisotopic (exact) mass is 430 g/mol. The lowest BCUT2D eigenvalue weighted by Crippen LogP contribution is -2.40. The Morgan fingerprint density at radius 2 is 1.84 bits per heavy atom. The van der Waals surface area contributed by atoms with Crippen molar-refractivity contribution < 1.29 is 19.0 Å². The van der Waals surface area contributed by atoms with E-state index in [0.717, 1.165) is 30.2 Å². The van der Waals surface area contributed by atoms with Crippen molar-refractivity contribution in [1.82, 2.24) is 9.80 Å². The van der Waals surface area contributed by atoms with Crippen LogP contribution in [-0.4, -0.2) is 61.4 Å². The quantitative estimate of drug-likeness (QED) is 0.576. The van der Waals surface area contributed by atoms with Gasteiger partial charge in [-0.25, -0.2) is 0 Å². The smallest absolute Gasteiger partial charge is 0.161 e. The molecule has 1 aliphatic carbocycles. The Hall–Kier alpha value is -2.02. The second-order valence-electron chi connectivity index (χ2n) is 8.87. The van der Waals surface area contributed by atoms with Crippen molar-refractivity contribution in [1.29, 1.82) is 0 Å². The van der Waals surface area contributed by atoms with Crippen molar-refractivity contribution in [2.24, 2.45) is 0 Å². The van der Waals surface area contributed by atoms with Crippen LogP contribution in [0.4, 0.5) is 0 Å². The standard InChI is InChI=1S/C25H38N2O4/c1-19-10-12-23(31-19)17-26(2)15-20-11-13-24(25(14-20)29-4)30-18-22(28)16-27(3)21-8-6-5-7-9-21/h10-14,21-22,28H,5-9,15-18H2,1-4H3/t22-/m1/s1. The number of ether oxygens (including phenoxy) is 2. The first-order chi connectivity index (χ1) is 14.9. The lowest BCUT2D eigenvalue weighted by molar-refractivity contribution is 0.0553. The number of hydrogen-bond acceptors (Lipinski definition) is 6. The van der Waals surface area contributed by atoms with Gasteiger partial charge in [-0.3, -0.25) is 4.90 Å². The summed E-state index contributed by atoms with van der Waals surface area (Å²) in [6.45, 7) is 4.35. The van der Waals surface area contributed by atoms with Crippen LogP contribution in [-0.2, 0) is 13.1 Å². The van der Waals surface area contributed by atoms with Crippen LogP contribution < -0.4 is 9.47 Å². The highest BCUT2D eigenvalue weighted by atomic mass is 16.5. The highest BCUT2D eigenvalue weighted by molar-refractivity contribution is 5.43. The van der Waals surface area contributed by atoms with Crippen LogP contribution >= 0.6 is 0 Å². The van der Waals surface area contributed by atoms with Gasteiger partial charge in [-0.1, -0.05) is 25.3 Å². The molecule has 0 aliphatic heterocycles. The Bertz CT molecular complexity index is 801. The number of likely N-dealkylation sites (N-methyl/N-ethyl adjacent to an activating group) is 1. The van der Waals surface area contributed by atoms with E-state index in [2.05, 4.69) is 23.9 Å². The molecule has 31 heavy (non-hydrogen) atoms. The van der Waals surface area contributed by atoms with Gasteiger partial charge in [-0.15, -0.1) is 0 Å². The van der Waals surface area contributed by atoms with Gasteiger partial charge in [-0.05, 0) is 63.7 Å². The summed E-state index contributed by atoms with van der Waals surface area (Å²) >= 11 is 0. The molecule has 2 aromatic rings.